The number of aromatic amines is 2. The fraction of sp³-hybridized carbons (Fsp3) is 0.333. The Kier molecular flexibility index (Phi) is 12.6. The van der Waals surface area contributed by atoms with Crippen LogP contribution in [-0.2, 0) is 22.3 Å². The molecule has 0 fully saturated rings. The van der Waals surface area contributed by atoms with Gasteiger partial charge in [0.25, 0.3) is 0 Å². The van der Waals surface area contributed by atoms with E-state index in [0.29, 0.717) is 45.6 Å². The van der Waals surface area contributed by atoms with Gasteiger partial charge in [-0.15, -0.1) is 0 Å². The lowest BCUT2D eigenvalue weighted by molar-refractivity contribution is 0.0252. The monoisotopic (exact) mass is 780 g/mol. The molecule has 2 aliphatic rings. The van der Waals surface area contributed by atoms with Crippen molar-refractivity contribution in [1.82, 2.24) is 19.9 Å². The van der Waals surface area contributed by atoms with Crippen molar-refractivity contribution in [2.24, 2.45) is 0 Å². The van der Waals surface area contributed by atoms with Gasteiger partial charge in [-0.25, -0.2) is 14.6 Å². The molecule has 300 valence electrons. The molecule has 4 N–H and O–H groups in total. The molecule has 10 heteroatoms. The van der Waals surface area contributed by atoms with E-state index in [9.17, 15) is 19.8 Å². The zero-order valence-corrected chi connectivity index (χ0v) is 33.7. The number of rotatable bonds is 14. The Labute approximate surface area is 339 Å². The van der Waals surface area contributed by atoms with Gasteiger partial charge in [0.15, 0.2) is 0 Å². The first kappa shape index (κ1) is 40.4. The van der Waals surface area contributed by atoms with E-state index in [0.717, 1.165) is 108 Å². The van der Waals surface area contributed by atoms with Gasteiger partial charge >= 0.3 is 11.9 Å². The number of carbonyl (C=O) groups is 2. The number of aromatic nitrogens is 4. The van der Waals surface area contributed by atoms with Crippen molar-refractivity contribution in [3.63, 3.8) is 0 Å². The fourth-order valence-electron chi connectivity index (χ4n) is 8.04. The first-order chi connectivity index (χ1) is 28.3. The SMILES string of the molecule is CCCCCCc1c2nc(c(-c3ccc(C(=O)OC)cc3)c3ccc([nH]3)c(-c3ccc(C(=O)OC)cc3)c3nc(c(CCCCCC)c4ccc1[nH]4)[C@@H](O)[C@H]3O)C=C2. The fourth-order valence-corrected chi connectivity index (χ4v) is 8.04. The minimum Gasteiger partial charge on any atom is -0.465 e. The van der Waals surface area contributed by atoms with Crippen LogP contribution < -0.4 is 0 Å². The van der Waals surface area contributed by atoms with Crippen molar-refractivity contribution < 1.29 is 29.3 Å². The molecule has 0 aliphatic carbocycles. The molecule has 0 unspecified atom stereocenters. The van der Waals surface area contributed by atoms with Crippen LogP contribution in [-0.4, -0.2) is 56.3 Å². The zero-order valence-electron chi connectivity index (χ0n) is 33.7. The maximum atomic E-state index is 12.4. The van der Waals surface area contributed by atoms with Crippen molar-refractivity contribution in [3.05, 3.63) is 118 Å². The number of aliphatic hydroxyl groups excluding tert-OH is 2. The van der Waals surface area contributed by atoms with E-state index in [1.807, 2.05) is 30.3 Å². The van der Waals surface area contributed by atoms with Crippen molar-refractivity contribution in [1.29, 1.82) is 0 Å². The van der Waals surface area contributed by atoms with E-state index >= 15 is 0 Å². The first-order valence-corrected chi connectivity index (χ1v) is 20.5. The molecule has 7 rings (SSSR count). The van der Waals surface area contributed by atoms with Gasteiger partial charge in [-0.05, 0) is 103 Å². The van der Waals surface area contributed by atoms with Gasteiger partial charge in [-0.1, -0.05) is 76.6 Å². The number of hydrogen-bond donors (Lipinski definition) is 4. The summed E-state index contributed by atoms with van der Waals surface area (Å²) < 4.78 is 9.94. The lowest BCUT2D eigenvalue weighted by Crippen LogP contribution is -2.06. The van der Waals surface area contributed by atoms with Gasteiger partial charge in [-0.2, -0.15) is 0 Å². The number of benzene rings is 2. The summed E-state index contributed by atoms with van der Waals surface area (Å²) in [5.41, 5.74) is 11.2. The van der Waals surface area contributed by atoms with E-state index in [2.05, 4.69) is 42.0 Å². The molecule has 5 aromatic rings. The summed E-state index contributed by atoms with van der Waals surface area (Å²) >= 11 is 0. The normalized spacial score (nSPS) is 14.8. The molecule has 0 saturated heterocycles. The minimum atomic E-state index is -1.33. The Bertz CT molecular complexity index is 2480. The number of fused-ring (bicyclic) bond motifs is 8. The number of nitrogens with one attached hydrogen (secondary N) is 2. The lowest BCUT2D eigenvalue weighted by atomic mass is 9.97. The average Bonchev–Trinajstić information content (AvgIpc) is 4.08. The molecular formula is C48H52N4O6. The summed E-state index contributed by atoms with van der Waals surface area (Å²) in [4.78, 5) is 42.6. The minimum absolute atomic E-state index is 0.313. The predicted molar refractivity (Wildman–Crippen MR) is 229 cm³/mol. The molecule has 3 aromatic heterocycles. The highest BCUT2D eigenvalue weighted by Crippen LogP contribution is 2.42. The number of aliphatic hydroxyl groups is 2. The summed E-state index contributed by atoms with van der Waals surface area (Å²) in [6.45, 7) is 4.39. The maximum Gasteiger partial charge on any atom is 0.337 e. The Morgan fingerprint density at radius 2 is 1.02 bits per heavy atom. The predicted octanol–water partition coefficient (Wildman–Crippen LogP) is 10.4. The molecule has 58 heavy (non-hydrogen) atoms. The number of H-pyrrole nitrogens is 2. The van der Waals surface area contributed by atoms with E-state index < -0.39 is 24.1 Å². The summed E-state index contributed by atoms with van der Waals surface area (Å²) in [6, 6.07) is 22.3. The largest absolute Gasteiger partial charge is 0.465 e. The molecule has 2 aliphatic heterocycles. The third kappa shape index (κ3) is 8.26. The number of unbranched alkanes of at least 4 members (excludes halogenated alkanes) is 6. The van der Waals surface area contributed by atoms with E-state index in [-0.39, 0.29) is 0 Å². The van der Waals surface area contributed by atoms with Crippen LogP contribution in [0.2, 0.25) is 0 Å². The molecular weight excluding hydrogens is 729 g/mol. The number of nitrogens with zero attached hydrogens (tertiary/aromatic N) is 2. The standard InChI is InChI=1S/C48H52N4O6/c1-5-7-9-11-13-33-35-23-24-37(49-35)34(14-12-10-8-6-2)43-45(53)46(54)44(52-43)42(30-17-21-32(22-18-30)48(56)58-4)40-28-27-39(51-40)41(38-26-25-36(33)50-38)29-15-19-31(20-16-29)47(55)57-3/h15-28,45-46,49,51,53-54H,5-14H2,1-4H3/t45-,46+/m1/s1. The third-order valence-corrected chi connectivity index (χ3v) is 11.2. The number of ether oxygens (including phenoxy) is 2. The molecule has 0 radical (unpaired) electrons. The summed E-state index contributed by atoms with van der Waals surface area (Å²) in [5.74, 6) is -0.889. The molecule has 2 aromatic carbocycles. The Balaban J connectivity index is 1.58. The van der Waals surface area contributed by atoms with Crippen LogP contribution in [0.3, 0.4) is 0 Å². The molecule has 8 bridgehead atoms. The van der Waals surface area contributed by atoms with Crippen LogP contribution in [0.1, 0.15) is 132 Å². The van der Waals surface area contributed by atoms with Gasteiger partial charge in [0.1, 0.15) is 12.2 Å². The van der Waals surface area contributed by atoms with Crippen molar-refractivity contribution >= 4 is 46.2 Å². The first-order valence-electron chi connectivity index (χ1n) is 20.5. The Morgan fingerprint density at radius 3 is 1.59 bits per heavy atom. The average molecular weight is 781 g/mol. The van der Waals surface area contributed by atoms with Crippen LogP contribution in [0.15, 0.2) is 72.8 Å². The highest BCUT2D eigenvalue weighted by molar-refractivity contribution is 5.96. The van der Waals surface area contributed by atoms with Gasteiger partial charge in [-0.3, -0.25) is 4.98 Å². The topological polar surface area (TPSA) is 150 Å². The summed E-state index contributed by atoms with van der Waals surface area (Å²) in [7, 11) is 2.70. The second kappa shape index (κ2) is 18.2. The molecule has 0 spiro atoms. The highest BCUT2D eigenvalue weighted by atomic mass is 16.5. The molecule has 0 amide bonds. The molecule has 5 heterocycles. The quantitative estimate of drug-likeness (QED) is 0.0630. The molecule has 0 saturated carbocycles. The second-order valence-corrected chi connectivity index (χ2v) is 15.0. The van der Waals surface area contributed by atoms with Crippen LogP contribution in [0, 0.1) is 0 Å². The van der Waals surface area contributed by atoms with Crippen LogP contribution >= 0.6 is 0 Å². The van der Waals surface area contributed by atoms with E-state index in [1.54, 1.807) is 36.4 Å². The molecule has 10 nitrogen and oxygen atoms in total. The van der Waals surface area contributed by atoms with Crippen LogP contribution in [0.5, 0.6) is 0 Å². The maximum absolute atomic E-state index is 12.4. The third-order valence-electron chi connectivity index (χ3n) is 11.2. The van der Waals surface area contributed by atoms with Gasteiger partial charge in [0.05, 0.1) is 48.1 Å². The number of carbonyl (C=O) groups excluding carboxylic acids is 2. The number of aryl methyl sites for hydroxylation is 2. The van der Waals surface area contributed by atoms with Crippen LogP contribution in [0.4, 0.5) is 0 Å². The number of esters is 2. The Morgan fingerprint density at radius 1 is 0.552 bits per heavy atom. The summed E-state index contributed by atoms with van der Waals surface area (Å²) in [6.07, 6.45) is 11.5. The number of hydrogen-bond acceptors (Lipinski definition) is 8. The van der Waals surface area contributed by atoms with E-state index in [4.69, 9.17) is 19.4 Å². The second-order valence-electron chi connectivity index (χ2n) is 15.0. The van der Waals surface area contributed by atoms with Gasteiger partial charge in [0, 0.05) is 38.8 Å². The Hall–Kier alpha value is -5.84. The van der Waals surface area contributed by atoms with Gasteiger partial charge < -0.3 is 29.7 Å². The lowest BCUT2D eigenvalue weighted by Gasteiger charge is -2.13. The zero-order chi connectivity index (χ0) is 40.8. The smallest absolute Gasteiger partial charge is 0.337 e. The van der Waals surface area contributed by atoms with Crippen molar-refractivity contribution in [2.45, 2.75) is 90.3 Å². The van der Waals surface area contributed by atoms with Crippen molar-refractivity contribution in [2.75, 3.05) is 14.2 Å². The summed E-state index contributed by atoms with van der Waals surface area (Å²) in [5, 5.41) is 23.9. The number of methoxy groups -OCH3 is 2. The molecule has 2 atom stereocenters. The highest BCUT2D eigenvalue weighted by Gasteiger charge is 2.34. The van der Waals surface area contributed by atoms with Crippen molar-refractivity contribution in [3.8, 4) is 22.3 Å². The van der Waals surface area contributed by atoms with E-state index in [1.165, 1.54) is 14.2 Å². The van der Waals surface area contributed by atoms with Crippen LogP contribution in [0.25, 0.3) is 56.5 Å². The van der Waals surface area contributed by atoms with Gasteiger partial charge in [0.2, 0.25) is 0 Å².